The summed E-state index contributed by atoms with van der Waals surface area (Å²) >= 11 is 0. The zero-order valence-corrected chi connectivity index (χ0v) is 33.3. The molecule has 1 atom stereocenters. The van der Waals surface area contributed by atoms with Gasteiger partial charge in [-0.1, -0.05) is 144 Å². The van der Waals surface area contributed by atoms with Crippen LogP contribution >= 0.6 is 0 Å². The lowest BCUT2D eigenvalue weighted by Crippen LogP contribution is -2.30. The van der Waals surface area contributed by atoms with Gasteiger partial charge in [-0.05, 0) is 89.9 Å². The second kappa shape index (κ2) is 40.4. The summed E-state index contributed by atoms with van der Waals surface area (Å²) in [5.74, 6) is -0.999. The lowest BCUT2D eigenvalue weighted by atomic mass is 10.1. The van der Waals surface area contributed by atoms with Crippen LogP contribution in [-0.4, -0.2) is 37.2 Å². The third-order valence-corrected chi connectivity index (χ3v) is 8.15. The first-order valence-electron chi connectivity index (χ1n) is 20.6. The number of esters is 3. The summed E-state index contributed by atoms with van der Waals surface area (Å²) < 4.78 is 16.5. The van der Waals surface area contributed by atoms with Crippen LogP contribution in [0.5, 0.6) is 0 Å². The molecule has 52 heavy (non-hydrogen) atoms. The van der Waals surface area contributed by atoms with Crippen LogP contribution in [0.15, 0.2) is 85.1 Å². The minimum absolute atomic E-state index is 0.104. The van der Waals surface area contributed by atoms with E-state index in [9.17, 15) is 14.4 Å². The van der Waals surface area contributed by atoms with E-state index in [0.29, 0.717) is 12.8 Å². The van der Waals surface area contributed by atoms with Gasteiger partial charge in [-0.15, -0.1) is 0 Å². The Morgan fingerprint density at radius 2 is 0.750 bits per heavy atom. The molecule has 0 aromatic heterocycles. The van der Waals surface area contributed by atoms with Crippen molar-refractivity contribution < 1.29 is 28.6 Å². The molecular weight excluding hydrogens is 648 g/mol. The molecule has 0 radical (unpaired) electrons. The summed E-state index contributed by atoms with van der Waals surface area (Å²) in [6.07, 6.45) is 50.2. The van der Waals surface area contributed by atoms with Crippen LogP contribution in [0, 0.1) is 0 Å². The second-order valence-corrected chi connectivity index (χ2v) is 13.1. The molecule has 0 fully saturated rings. The second-order valence-electron chi connectivity index (χ2n) is 13.1. The van der Waals surface area contributed by atoms with E-state index in [0.717, 1.165) is 109 Å². The first kappa shape index (κ1) is 48.6. The Morgan fingerprint density at radius 3 is 1.21 bits per heavy atom. The van der Waals surface area contributed by atoms with E-state index in [2.05, 4.69) is 106 Å². The number of carbonyl (C=O) groups excluding carboxylic acids is 3. The normalized spacial score (nSPS) is 12.9. The van der Waals surface area contributed by atoms with E-state index in [4.69, 9.17) is 14.2 Å². The van der Waals surface area contributed by atoms with Gasteiger partial charge in [0.2, 0.25) is 0 Å². The molecule has 294 valence electrons. The molecule has 0 rings (SSSR count). The molecule has 0 aliphatic heterocycles. The highest BCUT2D eigenvalue weighted by atomic mass is 16.6. The van der Waals surface area contributed by atoms with E-state index in [1.54, 1.807) is 0 Å². The molecule has 6 nitrogen and oxygen atoms in total. The molecule has 0 bridgehead atoms. The molecule has 0 amide bonds. The van der Waals surface area contributed by atoms with Gasteiger partial charge in [0.1, 0.15) is 13.2 Å². The molecule has 0 aromatic rings. The fraction of sp³-hybridized carbons (Fsp3) is 0.630. The largest absolute Gasteiger partial charge is 0.462 e. The predicted molar refractivity (Wildman–Crippen MR) is 219 cm³/mol. The van der Waals surface area contributed by atoms with Crippen molar-refractivity contribution in [3.8, 4) is 0 Å². The predicted octanol–water partition coefficient (Wildman–Crippen LogP) is 12.9. The van der Waals surface area contributed by atoms with Crippen molar-refractivity contribution >= 4 is 17.9 Å². The first-order valence-corrected chi connectivity index (χ1v) is 20.6. The fourth-order valence-corrected chi connectivity index (χ4v) is 5.09. The minimum Gasteiger partial charge on any atom is -0.462 e. The van der Waals surface area contributed by atoms with Gasteiger partial charge >= 0.3 is 17.9 Å². The van der Waals surface area contributed by atoms with Crippen molar-refractivity contribution in [1.82, 2.24) is 0 Å². The first-order chi connectivity index (χ1) is 25.5. The van der Waals surface area contributed by atoms with E-state index < -0.39 is 6.10 Å². The van der Waals surface area contributed by atoms with Crippen molar-refractivity contribution in [3.63, 3.8) is 0 Å². The topological polar surface area (TPSA) is 78.9 Å². The monoisotopic (exact) mass is 723 g/mol. The highest BCUT2D eigenvalue weighted by Gasteiger charge is 2.19. The Bertz CT molecular complexity index is 1060. The lowest BCUT2D eigenvalue weighted by molar-refractivity contribution is -0.167. The van der Waals surface area contributed by atoms with Gasteiger partial charge in [0.15, 0.2) is 6.10 Å². The maximum absolute atomic E-state index is 12.6. The summed E-state index contributed by atoms with van der Waals surface area (Å²) in [5, 5.41) is 0. The molecule has 0 spiro atoms. The number of hydrogen-bond donors (Lipinski definition) is 0. The number of unbranched alkanes of at least 4 members (excludes halogenated alkanes) is 10. The Balaban J connectivity index is 4.45. The Hall–Kier alpha value is -3.41. The van der Waals surface area contributed by atoms with Crippen LogP contribution in [0.2, 0.25) is 0 Å². The van der Waals surface area contributed by atoms with Gasteiger partial charge in [-0.2, -0.15) is 0 Å². The van der Waals surface area contributed by atoms with Crippen molar-refractivity contribution in [2.24, 2.45) is 0 Å². The number of hydrogen-bond acceptors (Lipinski definition) is 6. The SMILES string of the molecule is CC/C=C\C/C=C\C/C=C\C/C=C\CCCCC(=O)OCC(COC(=O)CCCCCCCC)OC(=O)CCCCC/C=C\C/C=C\C/C=C\CC. The smallest absolute Gasteiger partial charge is 0.306 e. The van der Waals surface area contributed by atoms with E-state index >= 15 is 0 Å². The maximum Gasteiger partial charge on any atom is 0.306 e. The standard InChI is InChI=1S/C46H74O6/c1-4-7-10-13-16-18-20-22-23-25-26-28-30-33-36-39-45(48)51-42-43(41-50-44(47)38-35-32-15-12-9-6-3)52-46(49)40-37-34-31-29-27-24-21-19-17-14-11-8-5-2/h7-8,10-11,16-19,22-24,26-28,43H,4-6,9,12-15,20-21,25,29-42H2,1-3H3/b10-7-,11-8-,18-16-,19-17-,23-22-,27-24-,28-26-. The van der Waals surface area contributed by atoms with Crippen LogP contribution in [0.4, 0.5) is 0 Å². The Morgan fingerprint density at radius 1 is 0.404 bits per heavy atom. The quantitative estimate of drug-likeness (QED) is 0.0280. The molecule has 1 unspecified atom stereocenters. The van der Waals surface area contributed by atoms with Crippen LogP contribution in [0.1, 0.15) is 168 Å². The van der Waals surface area contributed by atoms with Crippen LogP contribution < -0.4 is 0 Å². The van der Waals surface area contributed by atoms with Crippen LogP contribution in [-0.2, 0) is 28.6 Å². The lowest BCUT2D eigenvalue weighted by Gasteiger charge is -2.18. The van der Waals surface area contributed by atoms with E-state index in [1.807, 2.05) is 0 Å². The van der Waals surface area contributed by atoms with E-state index in [1.165, 1.54) is 19.3 Å². The summed E-state index contributed by atoms with van der Waals surface area (Å²) in [6.45, 7) is 6.24. The van der Waals surface area contributed by atoms with Crippen molar-refractivity contribution in [2.45, 2.75) is 175 Å². The summed E-state index contributed by atoms with van der Waals surface area (Å²) in [6, 6.07) is 0. The zero-order chi connectivity index (χ0) is 38.0. The Kier molecular flexibility index (Phi) is 37.7. The molecule has 0 aliphatic carbocycles. The molecule has 0 aromatic carbocycles. The summed E-state index contributed by atoms with van der Waals surface area (Å²) in [5.41, 5.74) is 0. The van der Waals surface area contributed by atoms with Gasteiger partial charge < -0.3 is 14.2 Å². The number of ether oxygens (including phenoxy) is 3. The third-order valence-electron chi connectivity index (χ3n) is 8.15. The maximum atomic E-state index is 12.6. The van der Waals surface area contributed by atoms with Gasteiger partial charge in [-0.3, -0.25) is 14.4 Å². The van der Waals surface area contributed by atoms with Crippen molar-refractivity contribution in [2.75, 3.05) is 13.2 Å². The number of rotatable bonds is 35. The van der Waals surface area contributed by atoms with Crippen molar-refractivity contribution in [1.29, 1.82) is 0 Å². The molecule has 0 saturated heterocycles. The molecule has 6 heteroatoms. The number of allylic oxidation sites excluding steroid dienone is 14. The summed E-state index contributed by atoms with van der Waals surface area (Å²) in [7, 11) is 0. The molecule has 0 heterocycles. The molecule has 0 N–H and O–H groups in total. The summed E-state index contributed by atoms with van der Waals surface area (Å²) in [4.78, 5) is 37.4. The average molecular weight is 723 g/mol. The fourth-order valence-electron chi connectivity index (χ4n) is 5.09. The molecular formula is C46H74O6. The highest BCUT2D eigenvalue weighted by Crippen LogP contribution is 2.11. The van der Waals surface area contributed by atoms with Gasteiger partial charge in [0, 0.05) is 19.3 Å². The minimum atomic E-state index is -0.803. The van der Waals surface area contributed by atoms with Gasteiger partial charge in [-0.25, -0.2) is 0 Å². The van der Waals surface area contributed by atoms with Gasteiger partial charge in [0.05, 0.1) is 0 Å². The number of carbonyl (C=O) groups is 3. The zero-order valence-electron chi connectivity index (χ0n) is 33.3. The van der Waals surface area contributed by atoms with E-state index in [-0.39, 0.29) is 37.5 Å². The third kappa shape index (κ3) is 37.8. The van der Waals surface area contributed by atoms with Gasteiger partial charge in [0.25, 0.3) is 0 Å². The average Bonchev–Trinajstić information content (AvgIpc) is 3.14. The molecule has 0 aliphatic rings. The van der Waals surface area contributed by atoms with Crippen molar-refractivity contribution in [3.05, 3.63) is 85.1 Å². The Labute approximate surface area is 318 Å². The highest BCUT2D eigenvalue weighted by molar-refractivity contribution is 5.71. The van der Waals surface area contributed by atoms with Crippen LogP contribution in [0.25, 0.3) is 0 Å². The molecule has 0 saturated carbocycles. The van der Waals surface area contributed by atoms with Crippen LogP contribution in [0.3, 0.4) is 0 Å².